The molecule has 0 saturated heterocycles. The van der Waals surface area contributed by atoms with E-state index in [4.69, 9.17) is 9.47 Å². The quantitative estimate of drug-likeness (QED) is 0.788. The van der Waals surface area contributed by atoms with Gasteiger partial charge in [-0.1, -0.05) is 12.1 Å². The summed E-state index contributed by atoms with van der Waals surface area (Å²) in [4.78, 5) is 12.5. The second kappa shape index (κ2) is 7.89. The third-order valence-electron chi connectivity index (χ3n) is 3.19. The molecule has 2 aromatic carbocycles. The molecule has 0 aliphatic heterocycles. The molecule has 0 atom stereocenters. The van der Waals surface area contributed by atoms with Gasteiger partial charge in [0.05, 0.1) is 31.2 Å². The summed E-state index contributed by atoms with van der Waals surface area (Å²) in [6.07, 6.45) is 1.05. The third kappa shape index (κ3) is 5.12. The smallest absolute Gasteiger partial charge is 0.259 e. The van der Waals surface area contributed by atoms with Crippen molar-refractivity contribution in [3.8, 4) is 11.5 Å². The maximum atomic E-state index is 12.5. The molecule has 0 aliphatic rings. The highest BCUT2D eigenvalue weighted by Crippen LogP contribution is 2.29. The summed E-state index contributed by atoms with van der Waals surface area (Å²) in [7, 11) is -2.02. The molecule has 0 heterocycles. The number of carbonyl (C=O) groups excluding carboxylic acids is 1. The van der Waals surface area contributed by atoms with E-state index >= 15 is 0 Å². The molecule has 0 saturated carbocycles. The number of hydrogen-bond acceptors (Lipinski definition) is 5. The van der Waals surface area contributed by atoms with Gasteiger partial charge in [0.1, 0.15) is 11.5 Å². The Morgan fingerprint density at radius 2 is 1.84 bits per heavy atom. The first-order valence-corrected chi connectivity index (χ1v) is 9.42. The Labute approximate surface area is 147 Å². The number of ether oxygens (including phenoxy) is 2. The van der Waals surface area contributed by atoms with Crippen LogP contribution in [-0.4, -0.2) is 34.3 Å². The first kappa shape index (κ1) is 18.6. The summed E-state index contributed by atoms with van der Waals surface area (Å²) in [5.74, 6) is 0.445. The van der Waals surface area contributed by atoms with Crippen LogP contribution in [0, 0.1) is 0 Å². The third-order valence-corrected chi connectivity index (χ3v) is 3.78. The van der Waals surface area contributed by atoms with Crippen molar-refractivity contribution in [1.82, 2.24) is 0 Å². The molecule has 134 valence electrons. The van der Waals surface area contributed by atoms with Crippen molar-refractivity contribution in [3.05, 3.63) is 48.0 Å². The first-order valence-electron chi connectivity index (χ1n) is 7.53. The van der Waals surface area contributed by atoms with Crippen LogP contribution in [0.4, 0.5) is 11.4 Å². The van der Waals surface area contributed by atoms with Crippen LogP contribution < -0.4 is 19.5 Å². The molecule has 2 rings (SSSR count). The Morgan fingerprint density at radius 1 is 1.12 bits per heavy atom. The van der Waals surface area contributed by atoms with Gasteiger partial charge in [-0.05, 0) is 31.2 Å². The molecule has 0 aliphatic carbocycles. The maximum Gasteiger partial charge on any atom is 0.259 e. The molecular formula is C17H20N2O5S. The molecule has 0 unspecified atom stereocenters. The molecule has 2 aromatic rings. The average Bonchev–Trinajstić information content (AvgIpc) is 2.55. The number of amides is 1. The summed E-state index contributed by atoms with van der Waals surface area (Å²) in [5.41, 5.74) is 1.16. The summed E-state index contributed by atoms with van der Waals surface area (Å²) in [6.45, 7) is 2.29. The minimum absolute atomic E-state index is 0.290. The molecule has 2 N–H and O–H groups in total. The van der Waals surface area contributed by atoms with E-state index in [0.29, 0.717) is 29.4 Å². The SMILES string of the molecule is CCOc1ccccc1C(=O)Nc1ccc(NS(C)(=O)=O)c(OC)c1. The van der Waals surface area contributed by atoms with E-state index in [0.717, 1.165) is 6.26 Å². The van der Waals surface area contributed by atoms with Crippen LogP contribution >= 0.6 is 0 Å². The molecule has 0 spiro atoms. The summed E-state index contributed by atoms with van der Waals surface area (Å²) >= 11 is 0. The highest BCUT2D eigenvalue weighted by atomic mass is 32.2. The van der Waals surface area contributed by atoms with Gasteiger partial charge in [-0.15, -0.1) is 0 Å². The highest BCUT2D eigenvalue weighted by Gasteiger charge is 2.14. The van der Waals surface area contributed by atoms with Gasteiger partial charge < -0.3 is 14.8 Å². The van der Waals surface area contributed by atoms with Gasteiger partial charge in [0, 0.05) is 11.8 Å². The standard InChI is InChI=1S/C17H20N2O5S/c1-4-24-15-8-6-5-7-13(15)17(20)18-12-9-10-14(16(11-12)23-2)19-25(3,21)22/h5-11,19H,4H2,1-3H3,(H,18,20). The predicted molar refractivity (Wildman–Crippen MR) is 97.0 cm³/mol. The number of sulfonamides is 1. The molecule has 7 nitrogen and oxygen atoms in total. The van der Waals surface area contributed by atoms with Crippen molar-refractivity contribution in [3.63, 3.8) is 0 Å². The fourth-order valence-corrected chi connectivity index (χ4v) is 2.76. The van der Waals surface area contributed by atoms with E-state index in [2.05, 4.69) is 10.0 Å². The van der Waals surface area contributed by atoms with Gasteiger partial charge in [-0.2, -0.15) is 0 Å². The summed E-state index contributed by atoms with van der Waals surface area (Å²) in [6, 6.07) is 11.6. The molecular weight excluding hydrogens is 344 g/mol. The Balaban J connectivity index is 2.24. The zero-order chi connectivity index (χ0) is 18.4. The zero-order valence-corrected chi connectivity index (χ0v) is 15.0. The molecule has 1 amide bonds. The predicted octanol–water partition coefficient (Wildman–Crippen LogP) is 2.72. The van der Waals surface area contributed by atoms with E-state index in [1.807, 2.05) is 6.92 Å². The minimum atomic E-state index is -3.43. The maximum absolute atomic E-state index is 12.5. The van der Waals surface area contributed by atoms with Crippen molar-refractivity contribution in [2.75, 3.05) is 30.0 Å². The van der Waals surface area contributed by atoms with E-state index in [1.54, 1.807) is 30.3 Å². The van der Waals surface area contributed by atoms with Gasteiger partial charge in [-0.3, -0.25) is 9.52 Å². The average molecular weight is 364 g/mol. The fraction of sp³-hybridized carbons (Fsp3) is 0.235. The van der Waals surface area contributed by atoms with Crippen LogP contribution in [0.2, 0.25) is 0 Å². The van der Waals surface area contributed by atoms with Gasteiger partial charge in [0.15, 0.2) is 0 Å². The molecule has 0 fully saturated rings. The molecule has 8 heteroatoms. The van der Waals surface area contributed by atoms with Crippen molar-refractivity contribution in [2.45, 2.75) is 6.92 Å². The monoisotopic (exact) mass is 364 g/mol. The van der Waals surface area contributed by atoms with E-state index in [-0.39, 0.29) is 11.6 Å². The molecule has 0 bridgehead atoms. The topological polar surface area (TPSA) is 93.7 Å². The van der Waals surface area contributed by atoms with Crippen LogP contribution in [0.1, 0.15) is 17.3 Å². The molecule has 25 heavy (non-hydrogen) atoms. The van der Waals surface area contributed by atoms with Crippen LogP contribution in [0.3, 0.4) is 0 Å². The number of nitrogens with one attached hydrogen (secondary N) is 2. The van der Waals surface area contributed by atoms with E-state index in [1.165, 1.54) is 19.2 Å². The number of carbonyl (C=O) groups is 1. The van der Waals surface area contributed by atoms with E-state index < -0.39 is 10.0 Å². The second-order valence-electron chi connectivity index (χ2n) is 5.17. The largest absolute Gasteiger partial charge is 0.494 e. The number of benzene rings is 2. The van der Waals surface area contributed by atoms with Gasteiger partial charge >= 0.3 is 0 Å². The Bertz CT molecular complexity index is 865. The molecule has 0 aromatic heterocycles. The lowest BCUT2D eigenvalue weighted by Crippen LogP contribution is -2.14. The number of hydrogen-bond donors (Lipinski definition) is 2. The van der Waals surface area contributed by atoms with Crippen molar-refractivity contribution in [2.24, 2.45) is 0 Å². The summed E-state index contributed by atoms with van der Waals surface area (Å²) in [5, 5.41) is 2.75. The normalized spacial score (nSPS) is 10.8. The zero-order valence-electron chi connectivity index (χ0n) is 14.2. The molecule has 0 radical (unpaired) electrons. The fourth-order valence-electron chi connectivity index (χ4n) is 2.19. The van der Waals surface area contributed by atoms with Crippen LogP contribution in [0.15, 0.2) is 42.5 Å². The van der Waals surface area contributed by atoms with E-state index in [9.17, 15) is 13.2 Å². The lowest BCUT2D eigenvalue weighted by molar-refractivity contribution is 0.102. The van der Waals surface area contributed by atoms with Crippen molar-refractivity contribution < 1.29 is 22.7 Å². The lowest BCUT2D eigenvalue weighted by atomic mass is 10.1. The Kier molecular flexibility index (Phi) is 5.87. The van der Waals surface area contributed by atoms with Crippen molar-refractivity contribution >= 4 is 27.3 Å². The van der Waals surface area contributed by atoms with Crippen LogP contribution in [0.25, 0.3) is 0 Å². The number of para-hydroxylation sites is 1. The second-order valence-corrected chi connectivity index (χ2v) is 6.92. The lowest BCUT2D eigenvalue weighted by Gasteiger charge is -2.13. The van der Waals surface area contributed by atoms with Crippen molar-refractivity contribution in [1.29, 1.82) is 0 Å². The minimum Gasteiger partial charge on any atom is -0.494 e. The Hall–Kier alpha value is -2.74. The number of methoxy groups -OCH3 is 1. The van der Waals surface area contributed by atoms with Gasteiger partial charge in [0.2, 0.25) is 10.0 Å². The Morgan fingerprint density at radius 3 is 2.48 bits per heavy atom. The van der Waals surface area contributed by atoms with Gasteiger partial charge in [0.25, 0.3) is 5.91 Å². The van der Waals surface area contributed by atoms with Gasteiger partial charge in [-0.25, -0.2) is 8.42 Å². The number of rotatable bonds is 7. The first-order chi connectivity index (χ1) is 11.8. The highest BCUT2D eigenvalue weighted by molar-refractivity contribution is 7.92. The van der Waals surface area contributed by atoms with Crippen LogP contribution in [-0.2, 0) is 10.0 Å². The van der Waals surface area contributed by atoms with Crippen LogP contribution in [0.5, 0.6) is 11.5 Å². The summed E-state index contributed by atoms with van der Waals surface area (Å²) < 4.78 is 35.7. The number of anilines is 2.